The molecule has 142 valence electrons. The molecule has 1 aromatic heterocycles. The minimum Gasteiger partial charge on any atom is -0.423 e. The van der Waals surface area contributed by atoms with E-state index in [1.807, 2.05) is 6.07 Å². The van der Waals surface area contributed by atoms with Gasteiger partial charge in [0.05, 0.1) is 11.3 Å². The van der Waals surface area contributed by atoms with Gasteiger partial charge in [-0.3, -0.25) is 4.79 Å². The minimum absolute atomic E-state index is 0.210. The van der Waals surface area contributed by atoms with Crippen LogP contribution in [0.1, 0.15) is 20.7 Å². The molecule has 0 radical (unpaired) electrons. The number of rotatable bonds is 5. The molecule has 0 atom stereocenters. The zero-order valence-corrected chi connectivity index (χ0v) is 15.1. The number of aromatic nitrogens is 4. The summed E-state index contributed by atoms with van der Waals surface area (Å²) in [5, 5.41) is 13.7. The quantitative estimate of drug-likeness (QED) is 0.419. The lowest BCUT2D eigenvalue weighted by molar-refractivity contribution is 0.0734. The third-order valence-electron chi connectivity index (χ3n) is 4.08. The number of hydrogen-bond donors (Lipinski definition) is 1. The smallest absolute Gasteiger partial charge is 0.343 e. The van der Waals surface area contributed by atoms with Crippen molar-refractivity contribution in [1.29, 1.82) is 0 Å². The first kappa shape index (κ1) is 18.1. The summed E-state index contributed by atoms with van der Waals surface area (Å²) in [4.78, 5) is 24.5. The number of carbonyl (C=O) groups is 2. The predicted octanol–water partition coefficient (Wildman–Crippen LogP) is 3.13. The molecule has 0 saturated heterocycles. The van der Waals surface area contributed by atoms with Crippen LogP contribution in [0.5, 0.6) is 5.75 Å². The van der Waals surface area contributed by atoms with Crippen LogP contribution in [0.25, 0.3) is 5.69 Å². The van der Waals surface area contributed by atoms with Gasteiger partial charge in [-0.25, -0.2) is 9.48 Å². The summed E-state index contributed by atoms with van der Waals surface area (Å²) in [5.74, 6) is -0.329. The van der Waals surface area contributed by atoms with Crippen molar-refractivity contribution in [3.8, 4) is 11.4 Å². The number of hydrogen-bond acceptors (Lipinski definition) is 6. The Kier molecular flexibility index (Phi) is 5.06. The summed E-state index contributed by atoms with van der Waals surface area (Å²) in [7, 11) is 0. The maximum absolute atomic E-state index is 12.3. The van der Waals surface area contributed by atoms with Gasteiger partial charge in [-0.2, -0.15) is 0 Å². The molecule has 4 rings (SSSR count). The number of tetrazole rings is 1. The second-order valence-corrected chi connectivity index (χ2v) is 6.04. The Morgan fingerprint density at radius 1 is 0.828 bits per heavy atom. The van der Waals surface area contributed by atoms with Crippen molar-refractivity contribution in [2.75, 3.05) is 5.32 Å². The van der Waals surface area contributed by atoms with Gasteiger partial charge in [0.1, 0.15) is 12.1 Å². The first-order valence-corrected chi connectivity index (χ1v) is 8.71. The van der Waals surface area contributed by atoms with E-state index in [-0.39, 0.29) is 5.91 Å². The van der Waals surface area contributed by atoms with Crippen LogP contribution in [0.2, 0.25) is 0 Å². The zero-order valence-electron chi connectivity index (χ0n) is 15.1. The predicted molar refractivity (Wildman–Crippen MR) is 105 cm³/mol. The lowest BCUT2D eigenvalue weighted by atomic mass is 10.2. The molecule has 4 aromatic rings. The normalized spacial score (nSPS) is 10.3. The van der Waals surface area contributed by atoms with E-state index in [1.165, 1.54) is 11.0 Å². The topological polar surface area (TPSA) is 99.0 Å². The van der Waals surface area contributed by atoms with Gasteiger partial charge in [0.15, 0.2) is 0 Å². The Balaban J connectivity index is 1.38. The van der Waals surface area contributed by atoms with Crippen molar-refractivity contribution in [2.24, 2.45) is 0 Å². The summed E-state index contributed by atoms with van der Waals surface area (Å²) < 4.78 is 6.86. The number of benzene rings is 3. The van der Waals surface area contributed by atoms with Crippen molar-refractivity contribution < 1.29 is 14.3 Å². The van der Waals surface area contributed by atoms with Gasteiger partial charge in [-0.05, 0) is 71.1 Å². The van der Waals surface area contributed by atoms with Gasteiger partial charge < -0.3 is 10.1 Å². The molecule has 0 unspecified atom stereocenters. The van der Waals surface area contributed by atoms with Crippen molar-refractivity contribution in [3.05, 3.63) is 96.3 Å². The molecule has 29 heavy (non-hydrogen) atoms. The Labute approximate surface area is 165 Å². The fraction of sp³-hybridized carbons (Fsp3) is 0. The van der Waals surface area contributed by atoms with Gasteiger partial charge in [0, 0.05) is 11.3 Å². The van der Waals surface area contributed by atoms with Crippen molar-refractivity contribution in [1.82, 2.24) is 20.2 Å². The van der Waals surface area contributed by atoms with Crippen molar-refractivity contribution >= 4 is 17.6 Å². The summed E-state index contributed by atoms with van der Waals surface area (Å²) in [6.07, 6.45) is 1.46. The van der Waals surface area contributed by atoms with Crippen LogP contribution >= 0.6 is 0 Å². The number of esters is 1. The Hall–Kier alpha value is -4.33. The average molecular weight is 385 g/mol. The van der Waals surface area contributed by atoms with Gasteiger partial charge in [-0.15, -0.1) is 5.10 Å². The minimum atomic E-state index is -0.491. The largest absolute Gasteiger partial charge is 0.423 e. The maximum Gasteiger partial charge on any atom is 0.343 e. The number of ether oxygens (including phenoxy) is 1. The van der Waals surface area contributed by atoms with Crippen molar-refractivity contribution in [2.45, 2.75) is 0 Å². The van der Waals surface area contributed by atoms with E-state index in [0.29, 0.717) is 22.6 Å². The van der Waals surface area contributed by atoms with Crippen LogP contribution in [-0.2, 0) is 0 Å². The van der Waals surface area contributed by atoms with E-state index in [9.17, 15) is 9.59 Å². The summed E-state index contributed by atoms with van der Waals surface area (Å²) in [6, 6.07) is 22.2. The maximum atomic E-state index is 12.3. The molecule has 0 spiro atoms. The third kappa shape index (κ3) is 4.33. The molecule has 8 heteroatoms. The second kappa shape index (κ2) is 8.13. The molecule has 0 aliphatic rings. The molecule has 0 aliphatic carbocycles. The van der Waals surface area contributed by atoms with Gasteiger partial charge in [0.2, 0.25) is 0 Å². The Morgan fingerprint density at radius 2 is 1.55 bits per heavy atom. The standard InChI is InChI=1S/C21H15N5O3/c27-20(15-4-2-1-3-5-15)23-17-8-12-19(13-9-17)29-21(28)16-6-10-18(11-7-16)26-14-22-24-25-26/h1-14H,(H,23,27). The van der Waals surface area contributed by atoms with Crippen LogP contribution in [0.3, 0.4) is 0 Å². The summed E-state index contributed by atoms with van der Waals surface area (Å²) >= 11 is 0. The highest BCUT2D eigenvalue weighted by Crippen LogP contribution is 2.18. The molecule has 1 N–H and O–H groups in total. The highest BCUT2D eigenvalue weighted by Gasteiger charge is 2.10. The number of nitrogens with zero attached hydrogens (tertiary/aromatic N) is 4. The molecule has 1 amide bonds. The monoisotopic (exact) mass is 385 g/mol. The molecule has 0 fully saturated rings. The van der Waals surface area contributed by atoms with E-state index in [0.717, 1.165) is 5.69 Å². The van der Waals surface area contributed by atoms with Crippen molar-refractivity contribution in [3.63, 3.8) is 0 Å². The summed E-state index contributed by atoms with van der Waals surface area (Å²) in [5.41, 5.74) is 2.28. The molecular weight excluding hydrogens is 370 g/mol. The Bertz CT molecular complexity index is 1110. The molecular formula is C21H15N5O3. The molecule has 0 aliphatic heterocycles. The van der Waals surface area contributed by atoms with Crippen LogP contribution in [0.4, 0.5) is 5.69 Å². The van der Waals surface area contributed by atoms with E-state index >= 15 is 0 Å². The molecule has 3 aromatic carbocycles. The van der Waals surface area contributed by atoms with E-state index in [2.05, 4.69) is 20.8 Å². The molecule has 0 bridgehead atoms. The molecule has 0 saturated carbocycles. The van der Waals surface area contributed by atoms with E-state index < -0.39 is 5.97 Å². The first-order valence-electron chi connectivity index (χ1n) is 8.71. The van der Waals surface area contributed by atoms with Gasteiger partial charge >= 0.3 is 5.97 Å². The van der Waals surface area contributed by atoms with Gasteiger partial charge in [-0.1, -0.05) is 18.2 Å². The molecule has 8 nitrogen and oxygen atoms in total. The highest BCUT2D eigenvalue weighted by molar-refractivity contribution is 6.04. The summed E-state index contributed by atoms with van der Waals surface area (Å²) in [6.45, 7) is 0. The molecule has 1 heterocycles. The van der Waals surface area contributed by atoms with Gasteiger partial charge in [0.25, 0.3) is 5.91 Å². The number of nitrogens with one attached hydrogen (secondary N) is 1. The third-order valence-corrected chi connectivity index (χ3v) is 4.08. The second-order valence-electron chi connectivity index (χ2n) is 6.04. The van der Waals surface area contributed by atoms with Crippen LogP contribution < -0.4 is 10.1 Å². The van der Waals surface area contributed by atoms with Crippen LogP contribution in [-0.4, -0.2) is 32.1 Å². The average Bonchev–Trinajstić information content (AvgIpc) is 3.31. The lowest BCUT2D eigenvalue weighted by Gasteiger charge is -2.08. The first-order chi connectivity index (χ1) is 14.2. The Morgan fingerprint density at radius 3 is 2.21 bits per heavy atom. The fourth-order valence-corrected chi connectivity index (χ4v) is 2.59. The number of carbonyl (C=O) groups excluding carboxylic acids is 2. The van der Waals surface area contributed by atoms with E-state index in [1.54, 1.807) is 72.8 Å². The fourth-order valence-electron chi connectivity index (χ4n) is 2.59. The van der Waals surface area contributed by atoms with Crippen LogP contribution in [0, 0.1) is 0 Å². The van der Waals surface area contributed by atoms with Crippen LogP contribution in [0.15, 0.2) is 85.2 Å². The number of amides is 1. The van der Waals surface area contributed by atoms with E-state index in [4.69, 9.17) is 4.74 Å². The lowest BCUT2D eigenvalue weighted by Crippen LogP contribution is -2.12. The zero-order chi connectivity index (χ0) is 20.1. The highest BCUT2D eigenvalue weighted by atomic mass is 16.5. The SMILES string of the molecule is O=C(Nc1ccc(OC(=O)c2ccc(-n3cnnn3)cc2)cc1)c1ccccc1. The number of anilines is 1.